The summed E-state index contributed by atoms with van der Waals surface area (Å²) in [5, 5.41) is 19.5. The van der Waals surface area contributed by atoms with Gasteiger partial charge in [0.2, 0.25) is 0 Å². The van der Waals surface area contributed by atoms with Crippen LogP contribution in [0.25, 0.3) is 0 Å². The van der Waals surface area contributed by atoms with Gasteiger partial charge in [0.05, 0.1) is 14.1 Å². The average Bonchev–Trinajstić information content (AvgIpc) is 2.41. The Balaban J connectivity index is 2.28. The number of carboxylic acid groups (broad SMARTS) is 1. The molecule has 0 aliphatic heterocycles. The lowest BCUT2D eigenvalue weighted by atomic mass is 10.2. The molecule has 0 aliphatic carbocycles. The minimum absolute atomic E-state index is 0.0268. The summed E-state index contributed by atoms with van der Waals surface area (Å²) in [5.41, 5.74) is 0.0838. The minimum atomic E-state index is -1.05. The number of aromatic carboxylic acids is 1. The quantitative estimate of drug-likeness (QED) is 0.493. The van der Waals surface area contributed by atoms with Gasteiger partial charge in [0.15, 0.2) is 0 Å². The molecule has 1 N–H and O–H groups in total. The third-order valence-electron chi connectivity index (χ3n) is 2.44. The summed E-state index contributed by atoms with van der Waals surface area (Å²) < 4.78 is 6.11. The Morgan fingerprint density at radius 2 is 2.00 bits per heavy atom. The second-order valence-electron chi connectivity index (χ2n) is 3.81. The molecule has 0 atom stereocenters. The van der Waals surface area contributed by atoms with Crippen LogP contribution in [0.2, 0.25) is 0 Å². The van der Waals surface area contributed by atoms with Crippen molar-refractivity contribution < 1.29 is 19.6 Å². The van der Waals surface area contributed by atoms with Crippen LogP contribution in [0.1, 0.15) is 10.4 Å². The monoisotopic (exact) mass is 385 g/mol. The molecule has 0 saturated carbocycles. The van der Waals surface area contributed by atoms with Crippen LogP contribution < -0.4 is 4.74 Å². The first kappa shape index (κ1) is 14.3. The molecule has 7 heteroatoms. The van der Waals surface area contributed by atoms with E-state index in [9.17, 15) is 14.9 Å². The third-order valence-corrected chi connectivity index (χ3v) is 3.28. The SMILES string of the molecule is O=C(O)c1cccc(Oc2ccc([N+](=O)[O-])cc2I)c1. The molecule has 0 aromatic heterocycles. The van der Waals surface area contributed by atoms with Crippen LogP contribution in [0.3, 0.4) is 0 Å². The van der Waals surface area contributed by atoms with E-state index in [4.69, 9.17) is 9.84 Å². The van der Waals surface area contributed by atoms with Crippen molar-refractivity contribution in [1.82, 2.24) is 0 Å². The first-order chi connectivity index (χ1) is 9.47. The van der Waals surface area contributed by atoms with Crippen molar-refractivity contribution in [2.75, 3.05) is 0 Å². The normalized spacial score (nSPS) is 10.1. The molecule has 0 spiro atoms. The minimum Gasteiger partial charge on any atom is -0.478 e. The molecule has 0 amide bonds. The Morgan fingerprint density at radius 3 is 2.60 bits per heavy atom. The number of ether oxygens (including phenoxy) is 1. The molecule has 0 bridgehead atoms. The lowest BCUT2D eigenvalue weighted by Crippen LogP contribution is -1.96. The lowest BCUT2D eigenvalue weighted by Gasteiger charge is -2.08. The number of hydrogen-bond acceptors (Lipinski definition) is 4. The summed E-state index contributed by atoms with van der Waals surface area (Å²) in [6, 6.07) is 10.2. The predicted molar refractivity (Wildman–Crippen MR) is 79.3 cm³/mol. The highest BCUT2D eigenvalue weighted by atomic mass is 127. The smallest absolute Gasteiger partial charge is 0.335 e. The van der Waals surface area contributed by atoms with Gasteiger partial charge in [-0.2, -0.15) is 0 Å². The highest BCUT2D eigenvalue weighted by Gasteiger charge is 2.11. The zero-order valence-electron chi connectivity index (χ0n) is 9.95. The molecule has 0 unspecified atom stereocenters. The van der Waals surface area contributed by atoms with Gasteiger partial charge in [0.1, 0.15) is 11.5 Å². The second kappa shape index (κ2) is 5.87. The molecule has 20 heavy (non-hydrogen) atoms. The number of halogens is 1. The maximum atomic E-state index is 10.9. The molecule has 2 rings (SSSR count). The van der Waals surface area contributed by atoms with Crippen LogP contribution in [0.15, 0.2) is 42.5 Å². The van der Waals surface area contributed by atoms with Crippen molar-refractivity contribution in [1.29, 1.82) is 0 Å². The number of hydrogen-bond donors (Lipinski definition) is 1. The zero-order valence-corrected chi connectivity index (χ0v) is 12.1. The molecule has 6 nitrogen and oxygen atoms in total. The molecule has 0 aliphatic rings. The number of carbonyl (C=O) groups is 1. The van der Waals surface area contributed by atoms with Gasteiger partial charge in [-0.3, -0.25) is 10.1 Å². The Kier molecular flexibility index (Phi) is 4.18. The standard InChI is InChI=1S/C13H8INO5/c14-11-7-9(15(18)19)4-5-12(11)20-10-3-1-2-8(6-10)13(16)17/h1-7H,(H,16,17). The van der Waals surface area contributed by atoms with Gasteiger partial charge in [0.25, 0.3) is 5.69 Å². The second-order valence-corrected chi connectivity index (χ2v) is 4.97. The molecular formula is C13H8INO5. The van der Waals surface area contributed by atoms with Crippen molar-refractivity contribution in [3.8, 4) is 11.5 Å². The summed E-state index contributed by atoms with van der Waals surface area (Å²) in [6.45, 7) is 0. The lowest BCUT2D eigenvalue weighted by molar-refractivity contribution is -0.385. The number of rotatable bonds is 4. The molecule has 2 aromatic rings. The van der Waals surface area contributed by atoms with Crippen LogP contribution in [-0.4, -0.2) is 16.0 Å². The van der Waals surface area contributed by atoms with Gasteiger partial charge in [-0.25, -0.2) is 4.79 Å². The first-order valence-electron chi connectivity index (χ1n) is 5.42. The fourth-order valence-electron chi connectivity index (χ4n) is 1.51. The number of nitro benzene ring substituents is 1. The van der Waals surface area contributed by atoms with Crippen LogP contribution >= 0.6 is 22.6 Å². The molecule has 2 aromatic carbocycles. The van der Waals surface area contributed by atoms with E-state index in [1.165, 1.54) is 30.3 Å². The Hall–Kier alpha value is -2.16. The van der Waals surface area contributed by atoms with Gasteiger partial charge in [0, 0.05) is 12.1 Å². The predicted octanol–water partition coefficient (Wildman–Crippen LogP) is 3.69. The van der Waals surface area contributed by atoms with Gasteiger partial charge >= 0.3 is 5.97 Å². The van der Waals surface area contributed by atoms with Crippen LogP contribution in [0.4, 0.5) is 5.69 Å². The summed E-state index contributed by atoms with van der Waals surface area (Å²) in [5.74, 6) is -0.260. The maximum absolute atomic E-state index is 10.9. The summed E-state index contributed by atoms with van der Waals surface area (Å²) in [4.78, 5) is 21.0. The number of nitro groups is 1. The average molecular weight is 385 g/mol. The number of non-ortho nitro benzene ring substituents is 1. The third kappa shape index (κ3) is 3.23. The Labute approximate surface area is 127 Å². The summed E-state index contributed by atoms with van der Waals surface area (Å²) >= 11 is 1.92. The van der Waals surface area contributed by atoms with Crippen molar-refractivity contribution in [3.63, 3.8) is 0 Å². The van der Waals surface area contributed by atoms with E-state index in [0.29, 0.717) is 15.1 Å². The highest BCUT2D eigenvalue weighted by Crippen LogP contribution is 2.30. The zero-order chi connectivity index (χ0) is 14.7. The number of nitrogens with zero attached hydrogens (tertiary/aromatic N) is 1. The van der Waals surface area contributed by atoms with E-state index < -0.39 is 10.9 Å². The van der Waals surface area contributed by atoms with E-state index in [1.807, 2.05) is 22.6 Å². The topological polar surface area (TPSA) is 89.7 Å². The maximum Gasteiger partial charge on any atom is 0.335 e. The Morgan fingerprint density at radius 1 is 1.25 bits per heavy atom. The summed E-state index contributed by atoms with van der Waals surface area (Å²) in [7, 11) is 0. The van der Waals surface area contributed by atoms with E-state index >= 15 is 0 Å². The molecule has 102 valence electrons. The molecular weight excluding hydrogens is 377 g/mol. The number of carboxylic acids is 1. The van der Waals surface area contributed by atoms with Gasteiger partial charge in [-0.1, -0.05) is 6.07 Å². The first-order valence-corrected chi connectivity index (χ1v) is 6.50. The molecule has 0 radical (unpaired) electrons. The number of benzene rings is 2. The van der Waals surface area contributed by atoms with Crippen molar-refractivity contribution in [2.45, 2.75) is 0 Å². The molecule has 0 saturated heterocycles. The van der Waals surface area contributed by atoms with Crippen molar-refractivity contribution >= 4 is 34.2 Å². The highest BCUT2D eigenvalue weighted by molar-refractivity contribution is 14.1. The van der Waals surface area contributed by atoms with E-state index in [2.05, 4.69) is 0 Å². The van der Waals surface area contributed by atoms with Crippen LogP contribution in [-0.2, 0) is 0 Å². The fraction of sp³-hybridized carbons (Fsp3) is 0. The van der Waals surface area contributed by atoms with E-state index in [1.54, 1.807) is 12.1 Å². The largest absolute Gasteiger partial charge is 0.478 e. The van der Waals surface area contributed by atoms with Crippen LogP contribution in [0, 0.1) is 13.7 Å². The van der Waals surface area contributed by atoms with E-state index in [-0.39, 0.29) is 11.3 Å². The van der Waals surface area contributed by atoms with Gasteiger partial charge < -0.3 is 9.84 Å². The molecule has 0 fully saturated rings. The molecule has 0 heterocycles. The van der Waals surface area contributed by atoms with E-state index in [0.717, 1.165) is 0 Å². The van der Waals surface area contributed by atoms with Crippen LogP contribution in [0.5, 0.6) is 11.5 Å². The van der Waals surface area contributed by atoms with Gasteiger partial charge in [-0.05, 0) is 46.9 Å². The Bertz CT molecular complexity index is 686. The fourth-order valence-corrected chi connectivity index (χ4v) is 2.11. The summed E-state index contributed by atoms with van der Waals surface area (Å²) in [6.07, 6.45) is 0. The van der Waals surface area contributed by atoms with Gasteiger partial charge in [-0.15, -0.1) is 0 Å². The van der Waals surface area contributed by atoms with Crippen molar-refractivity contribution in [2.24, 2.45) is 0 Å². The van der Waals surface area contributed by atoms with Crippen molar-refractivity contribution in [3.05, 3.63) is 61.7 Å².